The number of carboxylic acid groups (broad SMARTS) is 2. The van der Waals surface area contributed by atoms with Crippen LogP contribution in [0.15, 0.2) is 0 Å². The summed E-state index contributed by atoms with van der Waals surface area (Å²) in [4.78, 5) is 20.3. The molecule has 0 rings (SSSR count). The van der Waals surface area contributed by atoms with Crippen LogP contribution in [-0.2, 0) is 9.59 Å². The molecule has 64 valence electrons. The highest BCUT2D eigenvalue weighted by molar-refractivity contribution is 5.68. The lowest BCUT2D eigenvalue weighted by atomic mass is 10.0. The predicted molar refractivity (Wildman–Crippen MR) is 38.3 cm³/mol. The summed E-state index contributed by atoms with van der Waals surface area (Å²) in [6.07, 6.45) is -1.20. The van der Waals surface area contributed by atoms with Gasteiger partial charge in [-0.05, 0) is 12.3 Å². The van der Waals surface area contributed by atoms with Crippen LogP contribution in [0.4, 0.5) is 0 Å². The van der Waals surface area contributed by atoms with Gasteiger partial charge in [0.15, 0.2) is 0 Å². The Labute approximate surface area is 66.2 Å². The van der Waals surface area contributed by atoms with E-state index in [0.29, 0.717) is 0 Å². The normalized spacial score (nSPS) is 16.6. The average Bonchev–Trinajstić information content (AvgIpc) is 1.84. The number of rotatable bonds is 5. The van der Waals surface area contributed by atoms with E-state index < -0.39 is 18.3 Å². The van der Waals surface area contributed by atoms with E-state index in [2.05, 4.69) is 0 Å². The van der Waals surface area contributed by atoms with Crippen molar-refractivity contribution in [2.45, 2.75) is 26.2 Å². The van der Waals surface area contributed by atoms with Gasteiger partial charge in [-0.2, -0.15) is 0 Å². The molecule has 0 aromatic heterocycles. The molecular weight excluding hydrogens is 148 g/mol. The monoisotopic (exact) mass is 161 g/mol. The zero-order valence-corrected chi connectivity index (χ0v) is 6.28. The lowest BCUT2D eigenvalue weighted by molar-refractivity contribution is -0.140. The second-order valence-electron chi connectivity index (χ2n) is 2.48. The molecule has 0 fully saturated rings. The molecule has 11 heavy (non-hydrogen) atoms. The molecule has 0 aromatic carbocycles. The highest BCUT2D eigenvalue weighted by atomic mass is 16.4. The number of aliphatic carboxylic acids is 2. The molecular formula is C7H12O4. The van der Waals surface area contributed by atoms with Gasteiger partial charge in [0.1, 0.15) is 0 Å². The lowest BCUT2D eigenvalue weighted by Crippen LogP contribution is -2.06. The Morgan fingerprint density at radius 1 is 1.45 bits per heavy atom. The maximum atomic E-state index is 10.2. The van der Waals surface area contributed by atoms with E-state index in [1.165, 1.54) is 0 Å². The second kappa shape index (κ2) is 4.71. The van der Waals surface area contributed by atoms with Crippen LogP contribution >= 0.6 is 0 Å². The highest BCUT2D eigenvalue weighted by Crippen LogP contribution is 2.09. The molecule has 0 saturated carbocycles. The second-order valence-corrected chi connectivity index (χ2v) is 2.48. The molecule has 0 amide bonds. The van der Waals surface area contributed by atoms with E-state index in [4.69, 9.17) is 11.6 Å². The first-order valence-electron chi connectivity index (χ1n) is 3.88. The van der Waals surface area contributed by atoms with Gasteiger partial charge in [0.05, 0.1) is 0 Å². The van der Waals surface area contributed by atoms with Gasteiger partial charge in [-0.15, -0.1) is 0 Å². The first-order chi connectivity index (χ1) is 5.43. The Balaban J connectivity index is 3.76. The average molecular weight is 161 g/mol. The van der Waals surface area contributed by atoms with Crippen molar-refractivity contribution in [1.82, 2.24) is 0 Å². The van der Waals surface area contributed by atoms with Gasteiger partial charge in [-0.3, -0.25) is 9.59 Å². The Kier molecular flexibility index (Phi) is 3.44. The SMILES string of the molecule is [2H]C(CC(C)CC(=O)O)C(=O)O. The minimum atomic E-state index is -1.21. The summed E-state index contributed by atoms with van der Waals surface area (Å²) in [6, 6.07) is 0. The largest absolute Gasteiger partial charge is 0.481 e. The summed E-state index contributed by atoms with van der Waals surface area (Å²) in [7, 11) is 0. The van der Waals surface area contributed by atoms with Crippen molar-refractivity contribution in [3.63, 3.8) is 0 Å². The van der Waals surface area contributed by atoms with E-state index in [9.17, 15) is 9.59 Å². The molecule has 0 saturated heterocycles. The molecule has 0 aliphatic rings. The third-order valence-electron chi connectivity index (χ3n) is 1.22. The molecule has 0 bridgehead atoms. The van der Waals surface area contributed by atoms with Crippen molar-refractivity contribution in [3.8, 4) is 0 Å². The molecule has 2 N–H and O–H groups in total. The standard InChI is InChI=1S/C7H12O4/c1-5(4-7(10)11)2-3-6(8)9/h5H,2-4H2,1H3,(H,8,9)(H,10,11)/i3D. The van der Waals surface area contributed by atoms with E-state index >= 15 is 0 Å². The van der Waals surface area contributed by atoms with Gasteiger partial charge in [0, 0.05) is 14.2 Å². The Morgan fingerprint density at radius 2 is 2.00 bits per heavy atom. The minimum Gasteiger partial charge on any atom is -0.481 e. The number of carboxylic acids is 2. The fraction of sp³-hybridized carbons (Fsp3) is 0.714. The molecule has 0 spiro atoms. The molecule has 0 aliphatic heterocycles. The molecule has 0 heterocycles. The summed E-state index contributed by atoms with van der Waals surface area (Å²) in [5, 5.41) is 16.7. The van der Waals surface area contributed by atoms with Crippen molar-refractivity contribution in [2.75, 3.05) is 0 Å². The van der Waals surface area contributed by atoms with Gasteiger partial charge in [-0.1, -0.05) is 6.92 Å². The van der Waals surface area contributed by atoms with Crippen molar-refractivity contribution in [1.29, 1.82) is 0 Å². The van der Waals surface area contributed by atoms with Crippen LogP contribution in [0.5, 0.6) is 0 Å². The minimum absolute atomic E-state index is 0.0807. The van der Waals surface area contributed by atoms with E-state index in [1.807, 2.05) is 0 Å². The topological polar surface area (TPSA) is 74.6 Å². The van der Waals surface area contributed by atoms with Crippen molar-refractivity contribution in [2.24, 2.45) is 5.92 Å². The van der Waals surface area contributed by atoms with E-state index in [0.717, 1.165) is 0 Å². The van der Waals surface area contributed by atoms with Crippen LogP contribution in [0, 0.1) is 5.92 Å². The molecule has 2 atom stereocenters. The van der Waals surface area contributed by atoms with Crippen LogP contribution in [0.2, 0.25) is 0 Å². The van der Waals surface area contributed by atoms with Gasteiger partial charge in [0.2, 0.25) is 0 Å². The highest BCUT2D eigenvalue weighted by Gasteiger charge is 2.08. The van der Waals surface area contributed by atoms with Crippen LogP contribution in [0.3, 0.4) is 0 Å². The summed E-state index contributed by atoms with van der Waals surface area (Å²) in [6.45, 7) is 1.62. The molecule has 4 heteroatoms. The van der Waals surface area contributed by atoms with Gasteiger partial charge in [0.25, 0.3) is 0 Å². The molecule has 0 radical (unpaired) electrons. The van der Waals surface area contributed by atoms with Crippen LogP contribution in [0.1, 0.15) is 27.5 Å². The van der Waals surface area contributed by atoms with Crippen LogP contribution in [0.25, 0.3) is 0 Å². The number of carbonyl (C=O) groups is 2. The molecule has 2 unspecified atom stereocenters. The fourth-order valence-corrected chi connectivity index (χ4v) is 0.683. The lowest BCUT2D eigenvalue weighted by Gasteiger charge is -2.04. The number of hydrogen-bond acceptors (Lipinski definition) is 2. The van der Waals surface area contributed by atoms with E-state index in [1.54, 1.807) is 6.92 Å². The summed E-state index contributed by atoms with van der Waals surface area (Å²) in [5.74, 6) is -2.42. The van der Waals surface area contributed by atoms with E-state index in [-0.39, 0.29) is 18.8 Å². The van der Waals surface area contributed by atoms with Crippen molar-refractivity contribution < 1.29 is 21.2 Å². The van der Waals surface area contributed by atoms with Crippen LogP contribution in [-0.4, -0.2) is 22.2 Å². The molecule has 4 nitrogen and oxygen atoms in total. The van der Waals surface area contributed by atoms with Gasteiger partial charge >= 0.3 is 11.9 Å². The Hall–Kier alpha value is -1.06. The first kappa shape index (κ1) is 8.04. The van der Waals surface area contributed by atoms with Crippen molar-refractivity contribution in [3.05, 3.63) is 0 Å². The van der Waals surface area contributed by atoms with Crippen LogP contribution < -0.4 is 0 Å². The third kappa shape index (κ3) is 6.83. The van der Waals surface area contributed by atoms with Gasteiger partial charge in [-0.25, -0.2) is 0 Å². The predicted octanol–water partition coefficient (Wildman–Crippen LogP) is 0.962. The maximum absolute atomic E-state index is 10.2. The third-order valence-corrected chi connectivity index (χ3v) is 1.22. The summed E-state index contributed by atoms with van der Waals surface area (Å²) in [5.41, 5.74) is 0. The summed E-state index contributed by atoms with van der Waals surface area (Å²) >= 11 is 0. The molecule has 0 aliphatic carbocycles. The Bertz CT molecular complexity index is 180. The zero-order chi connectivity index (χ0) is 9.72. The fourth-order valence-electron chi connectivity index (χ4n) is 0.683. The van der Waals surface area contributed by atoms with Gasteiger partial charge < -0.3 is 10.2 Å². The number of hydrogen-bond donors (Lipinski definition) is 2. The maximum Gasteiger partial charge on any atom is 0.303 e. The molecule has 0 aromatic rings. The Morgan fingerprint density at radius 3 is 2.36 bits per heavy atom. The summed E-state index contributed by atoms with van der Waals surface area (Å²) < 4.78 is 7.01. The zero-order valence-electron chi connectivity index (χ0n) is 7.28. The quantitative estimate of drug-likeness (QED) is 0.629. The van der Waals surface area contributed by atoms with Crippen molar-refractivity contribution >= 4 is 11.9 Å². The smallest absolute Gasteiger partial charge is 0.303 e. The first-order valence-corrected chi connectivity index (χ1v) is 3.30.